The van der Waals surface area contributed by atoms with Crippen molar-refractivity contribution in [1.29, 1.82) is 0 Å². The molecule has 19 heavy (non-hydrogen) atoms. The van der Waals surface area contributed by atoms with E-state index in [1.807, 2.05) is 6.92 Å². The molecule has 0 aromatic heterocycles. The Hall–Kier alpha value is -0.920. The molecule has 1 aromatic carbocycles. The first kappa shape index (κ1) is 14.5. The van der Waals surface area contributed by atoms with Gasteiger partial charge in [0.2, 0.25) is 0 Å². The first-order valence-corrected chi connectivity index (χ1v) is 9.21. The van der Waals surface area contributed by atoms with Gasteiger partial charge in [-0.3, -0.25) is 4.18 Å². The maximum atomic E-state index is 12.2. The van der Waals surface area contributed by atoms with Crippen LogP contribution in [0.1, 0.15) is 12.0 Å². The molecule has 0 radical (unpaired) electrons. The standard InChI is InChI=1S/C12H16O5S2/c1-9-3-5-11(6-4-9)19(15,16)12-7-10(12)8-17-18(2,13)14/h3-6,10,12H,7-8H2,1-2H3. The van der Waals surface area contributed by atoms with E-state index in [1.165, 1.54) is 0 Å². The second kappa shape index (κ2) is 4.88. The Balaban J connectivity index is 2.05. The lowest BCUT2D eigenvalue weighted by Gasteiger charge is -2.04. The van der Waals surface area contributed by atoms with Gasteiger partial charge < -0.3 is 0 Å². The molecule has 0 aliphatic heterocycles. The van der Waals surface area contributed by atoms with Crippen molar-refractivity contribution in [3.63, 3.8) is 0 Å². The summed E-state index contributed by atoms with van der Waals surface area (Å²) in [6, 6.07) is 6.66. The van der Waals surface area contributed by atoms with Crippen LogP contribution in [0.25, 0.3) is 0 Å². The second-order valence-electron chi connectivity index (χ2n) is 4.88. The van der Waals surface area contributed by atoms with Crippen molar-refractivity contribution in [2.24, 2.45) is 5.92 Å². The quantitative estimate of drug-likeness (QED) is 0.762. The minimum Gasteiger partial charge on any atom is -0.270 e. The Kier molecular flexibility index (Phi) is 3.72. The van der Waals surface area contributed by atoms with Crippen LogP contribution in [0, 0.1) is 12.8 Å². The molecule has 2 rings (SSSR count). The molecule has 0 amide bonds. The van der Waals surface area contributed by atoms with Crippen LogP contribution in [-0.4, -0.2) is 34.9 Å². The van der Waals surface area contributed by atoms with E-state index in [1.54, 1.807) is 24.3 Å². The third-order valence-corrected chi connectivity index (χ3v) is 5.97. The SMILES string of the molecule is Cc1ccc(S(=O)(=O)C2CC2COS(C)(=O)=O)cc1. The van der Waals surface area contributed by atoms with Gasteiger partial charge in [-0.15, -0.1) is 0 Å². The van der Waals surface area contributed by atoms with Crippen molar-refractivity contribution in [1.82, 2.24) is 0 Å². The number of hydrogen-bond acceptors (Lipinski definition) is 5. The summed E-state index contributed by atoms with van der Waals surface area (Å²) in [6.07, 6.45) is 1.41. The van der Waals surface area contributed by atoms with Gasteiger partial charge in [-0.25, -0.2) is 8.42 Å². The number of rotatable bonds is 5. The molecule has 0 heterocycles. The highest BCUT2D eigenvalue weighted by Crippen LogP contribution is 2.40. The van der Waals surface area contributed by atoms with Gasteiger partial charge in [-0.1, -0.05) is 17.7 Å². The molecule has 0 spiro atoms. The van der Waals surface area contributed by atoms with Gasteiger partial charge in [0.05, 0.1) is 23.0 Å². The molecule has 0 bridgehead atoms. The predicted molar refractivity (Wildman–Crippen MR) is 71.1 cm³/mol. The summed E-state index contributed by atoms with van der Waals surface area (Å²) >= 11 is 0. The Morgan fingerprint density at radius 1 is 1.16 bits per heavy atom. The average Bonchev–Trinajstić information content (AvgIpc) is 3.06. The third-order valence-electron chi connectivity index (χ3n) is 3.10. The van der Waals surface area contributed by atoms with Gasteiger partial charge in [0, 0.05) is 5.92 Å². The third kappa shape index (κ3) is 3.55. The first-order chi connectivity index (χ1) is 8.70. The fraction of sp³-hybridized carbons (Fsp3) is 0.500. The summed E-state index contributed by atoms with van der Waals surface area (Å²) in [6.45, 7) is 1.82. The summed E-state index contributed by atoms with van der Waals surface area (Å²) < 4.78 is 50.8. The van der Waals surface area contributed by atoms with Crippen LogP contribution in [0.15, 0.2) is 29.2 Å². The zero-order valence-electron chi connectivity index (χ0n) is 10.7. The summed E-state index contributed by atoms with van der Waals surface area (Å²) in [5.74, 6) is -0.235. The summed E-state index contributed by atoms with van der Waals surface area (Å²) in [7, 11) is -6.89. The van der Waals surface area contributed by atoms with E-state index in [4.69, 9.17) is 0 Å². The van der Waals surface area contributed by atoms with Crippen LogP contribution >= 0.6 is 0 Å². The van der Waals surface area contributed by atoms with Gasteiger partial charge in [-0.05, 0) is 25.5 Å². The fourth-order valence-electron chi connectivity index (χ4n) is 1.89. The topological polar surface area (TPSA) is 77.5 Å². The summed E-state index contributed by atoms with van der Waals surface area (Å²) in [5.41, 5.74) is 0.992. The largest absolute Gasteiger partial charge is 0.270 e. The van der Waals surface area contributed by atoms with Crippen LogP contribution in [0.3, 0.4) is 0 Å². The minimum absolute atomic E-state index is 0.0609. The molecule has 1 aromatic rings. The Morgan fingerprint density at radius 2 is 1.74 bits per heavy atom. The molecule has 1 aliphatic carbocycles. The number of hydrogen-bond donors (Lipinski definition) is 0. The van der Waals surface area contributed by atoms with Crippen LogP contribution in [-0.2, 0) is 24.1 Å². The van der Waals surface area contributed by atoms with Crippen molar-refractivity contribution in [3.8, 4) is 0 Å². The zero-order chi connectivity index (χ0) is 14.3. The molecule has 1 aliphatic rings. The number of aryl methyl sites for hydroxylation is 1. The van der Waals surface area contributed by atoms with Gasteiger partial charge in [0.1, 0.15) is 0 Å². The van der Waals surface area contributed by atoms with E-state index in [0.29, 0.717) is 6.42 Å². The Morgan fingerprint density at radius 3 is 2.26 bits per heavy atom. The second-order valence-corrected chi connectivity index (χ2v) is 8.69. The zero-order valence-corrected chi connectivity index (χ0v) is 12.4. The molecule has 1 saturated carbocycles. The van der Waals surface area contributed by atoms with Crippen molar-refractivity contribution >= 4 is 20.0 Å². The molecule has 2 unspecified atom stereocenters. The normalized spacial score (nSPS) is 23.3. The molecule has 5 nitrogen and oxygen atoms in total. The summed E-state index contributed by atoms with van der Waals surface area (Å²) in [4.78, 5) is 0.282. The molecule has 2 atom stereocenters. The van der Waals surface area contributed by atoms with Gasteiger partial charge in [-0.2, -0.15) is 8.42 Å². The Bertz CT molecular complexity index is 659. The van der Waals surface area contributed by atoms with E-state index in [9.17, 15) is 16.8 Å². The smallest absolute Gasteiger partial charge is 0.264 e. The number of benzene rings is 1. The van der Waals surface area contributed by atoms with Gasteiger partial charge in [0.15, 0.2) is 9.84 Å². The predicted octanol–water partition coefficient (Wildman–Crippen LogP) is 1.13. The first-order valence-electron chi connectivity index (χ1n) is 5.85. The molecule has 7 heteroatoms. The molecule has 1 fully saturated rings. The van der Waals surface area contributed by atoms with Crippen molar-refractivity contribution < 1.29 is 21.0 Å². The summed E-state index contributed by atoms with van der Waals surface area (Å²) in [5, 5.41) is -0.531. The van der Waals surface area contributed by atoms with Crippen LogP contribution in [0.5, 0.6) is 0 Å². The van der Waals surface area contributed by atoms with E-state index >= 15 is 0 Å². The molecular formula is C12H16O5S2. The molecule has 0 N–H and O–H groups in total. The highest BCUT2D eigenvalue weighted by molar-refractivity contribution is 7.92. The van der Waals surface area contributed by atoms with Crippen molar-refractivity contribution in [2.45, 2.75) is 23.5 Å². The van der Waals surface area contributed by atoms with Crippen molar-refractivity contribution in [3.05, 3.63) is 29.8 Å². The van der Waals surface area contributed by atoms with Gasteiger partial charge in [0.25, 0.3) is 10.1 Å². The van der Waals surface area contributed by atoms with Crippen LogP contribution in [0.4, 0.5) is 0 Å². The highest BCUT2D eigenvalue weighted by atomic mass is 32.2. The van der Waals surface area contributed by atoms with E-state index in [2.05, 4.69) is 4.18 Å². The molecule has 106 valence electrons. The van der Waals surface area contributed by atoms with E-state index in [-0.39, 0.29) is 17.4 Å². The average molecular weight is 304 g/mol. The maximum Gasteiger partial charge on any atom is 0.264 e. The lowest BCUT2D eigenvalue weighted by molar-refractivity contribution is 0.305. The van der Waals surface area contributed by atoms with Crippen LogP contribution < -0.4 is 0 Å². The monoisotopic (exact) mass is 304 g/mol. The lowest BCUT2D eigenvalue weighted by atomic mass is 10.2. The van der Waals surface area contributed by atoms with E-state index in [0.717, 1.165) is 11.8 Å². The van der Waals surface area contributed by atoms with E-state index < -0.39 is 25.2 Å². The Labute approximate surface area is 113 Å². The van der Waals surface area contributed by atoms with Crippen molar-refractivity contribution in [2.75, 3.05) is 12.9 Å². The molecule has 0 saturated heterocycles. The maximum absolute atomic E-state index is 12.2. The minimum atomic E-state index is -3.51. The van der Waals surface area contributed by atoms with Crippen LogP contribution in [0.2, 0.25) is 0 Å². The van der Waals surface area contributed by atoms with Gasteiger partial charge >= 0.3 is 0 Å². The number of sulfone groups is 1. The lowest BCUT2D eigenvalue weighted by Crippen LogP contribution is -2.13. The fourth-order valence-corrected chi connectivity index (χ4v) is 4.26. The molecular weight excluding hydrogens is 288 g/mol. The highest BCUT2D eigenvalue weighted by Gasteiger charge is 2.48.